The first-order chi connectivity index (χ1) is 7.97. The Morgan fingerprint density at radius 1 is 1.35 bits per heavy atom. The molecule has 3 heteroatoms. The quantitative estimate of drug-likeness (QED) is 0.798. The summed E-state index contributed by atoms with van der Waals surface area (Å²) in [5.41, 5.74) is 8.23. The van der Waals surface area contributed by atoms with Gasteiger partial charge in [-0.3, -0.25) is 4.79 Å². The molecule has 0 aliphatic carbocycles. The van der Waals surface area contributed by atoms with Crippen molar-refractivity contribution in [2.24, 2.45) is 5.73 Å². The van der Waals surface area contributed by atoms with Crippen LogP contribution in [0.1, 0.15) is 41.8 Å². The largest absolute Gasteiger partial charge is 0.490 e. The number of ether oxygens (including phenoxy) is 1. The van der Waals surface area contributed by atoms with Crippen molar-refractivity contribution in [2.75, 3.05) is 6.54 Å². The highest BCUT2D eigenvalue weighted by Gasteiger charge is 2.16. The first-order valence-corrected chi connectivity index (χ1v) is 5.97. The molecular weight excluding hydrogens is 214 g/mol. The Morgan fingerprint density at radius 2 is 2.00 bits per heavy atom. The van der Waals surface area contributed by atoms with E-state index in [0.29, 0.717) is 24.3 Å². The number of hydrogen-bond donors (Lipinski definition) is 1. The number of aryl methyl sites for hydroxylation is 1. The van der Waals surface area contributed by atoms with Gasteiger partial charge in [0, 0.05) is 6.42 Å². The Hall–Kier alpha value is -1.35. The minimum atomic E-state index is 0.0475. The van der Waals surface area contributed by atoms with Crippen LogP contribution in [0.5, 0.6) is 5.75 Å². The maximum absolute atomic E-state index is 12.0. The number of carbonyl (C=O) groups is 1. The van der Waals surface area contributed by atoms with Gasteiger partial charge in [0.2, 0.25) is 0 Å². The van der Waals surface area contributed by atoms with E-state index >= 15 is 0 Å². The molecule has 1 aromatic carbocycles. The van der Waals surface area contributed by atoms with Gasteiger partial charge in [-0.05, 0) is 51.4 Å². The van der Waals surface area contributed by atoms with Crippen LogP contribution in [0.2, 0.25) is 0 Å². The molecule has 0 unspecified atom stereocenters. The van der Waals surface area contributed by atoms with Gasteiger partial charge in [0.25, 0.3) is 0 Å². The monoisotopic (exact) mass is 235 g/mol. The number of benzene rings is 1. The third-order valence-corrected chi connectivity index (χ3v) is 2.70. The van der Waals surface area contributed by atoms with Crippen LogP contribution < -0.4 is 10.5 Å². The summed E-state index contributed by atoms with van der Waals surface area (Å²) in [6.07, 6.45) is 0.414. The number of nitrogens with two attached hydrogens (primary N) is 1. The molecule has 1 aromatic rings. The lowest BCUT2D eigenvalue weighted by molar-refractivity contribution is 0.0979. The van der Waals surface area contributed by atoms with Gasteiger partial charge in [0.05, 0.1) is 11.7 Å². The lowest BCUT2D eigenvalue weighted by Gasteiger charge is -2.17. The standard InChI is InChI=1S/C14H21NO2/c1-9(2)17-14-11(4)10(3)5-6-12(14)13(16)7-8-15/h5-6,9H,7-8,15H2,1-4H3. The zero-order valence-corrected chi connectivity index (χ0v) is 11.0. The minimum absolute atomic E-state index is 0.0475. The van der Waals surface area contributed by atoms with Crippen molar-refractivity contribution < 1.29 is 9.53 Å². The highest BCUT2D eigenvalue weighted by atomic mass is 16.5. The highest BCUT2D eigenvalue weighted by molar-refractivity contribution is 5.99. The predicted molar refractivity (Wildman–Crippen MR) is 69.7 cm³/mol. The molecule has 2 N–H and O–H groups in total. The average molecular weight is 235 g/mol. The first kappa shape index (κ1) is 13.7. The molecule has 0 aliphatic rings. The second kappa shape index (κ2) is 5.82. The second-order valence-electron chi connectivity index (χ2n) is 4.51. The molecule has 0 radical (unpaired) electrons. The number of Topliss-reactive ketones (excluding diaryl/α,β-unsaturated/α-hetero) is 1. The third-order valence-electron chi connectivity index (χ3n) is 2.70. The molecule has 0 spiro atoms. The molecule has 0 atom stereocenters. The fourth-order valence-electron chi connectivity index (χ4n) is 1.66. The molecule has 0 saturated heterocycles. The van der Waals surface area contributed by atoms with E-state index in [1.807, 2.05) is 39.8 Å². The molecular formula is C14H21NO2. The zero-order chi connectivity index (χ0) is 13.0. The van der Waals surface area contributed by atoms with Crippen molar-refractivity contribution in [3.63, 3.8) is 0 Å². The van der Waals surface area contributed by atoms with E-state index in [1.54, 1.807) is 0 Å². The Balaban J connectivity index is 3.19. The van der Waals surface area contributed by atoms with Crippen molar-refractivity contribution in [3.05, 3.63) is 28.8 Å². The van der Waals surface area contributed by atoms with E-state index in [-0.39, 0.29) is 11.9 Å². The van der Waals surface area contributed by atoms with E-state index in [1.165, 1.54) is 0 Å². The Morgan fingerprint density at radius 3 is 2.53 bits per heavy atom. The van der Waals surface area contributed by atoms with E-state index in [0.717, 1.165) is 11.1 Å². The van der Waals surface area contributed by atoms with E-state index in [2.05, 4.69) is 0 Å². The van der Waals surface area contributed by atoms with Crippen LogP contribution in [0.4, 0.5) is 0 Å². The zero-order valence-electron chi connectivity index (χ0n) is 11.0. The third kappa shape index (κ3) is 3.30. The molecule has 0 aliphatic heterocycles. The number of ketones is 1. The van der Waals surface area contributed by atoms with Gasteiger partial charge in [0.15, 0.2) is 5.78 Å². The molecule has 0 heterocycles. The Labute approximate surface area is 103 Å². The number of carbonyl (C=O) groups excluding carboxylic acids is 1. The van der Waals surface area contributed by atoms with Crippen molar-refractivity contribution in [2.45, 2.75) is 40.2 Å². The highest BCUT2D eigenvalue weighted by Crippen LogP contribution is 2.28. The first-order valence-electron chi connectivity index (χ1n) is 5.97. The second-order valence-corrected chi connectivity index (χ2v) is 4.51. The molecule has 0 aromatic heterocycles. The lowest BCUT2D eigenvalue weighted by Crippen LogP contribution is -2.14. The number of hydrogen-bond acceptors (Lipinski definition) is 3. The number of rotatable bonds is 5. The molecule has 1 rings (SSSR count). The smallest absolute Gasteiger partial charge is 0.167 e. The van der Waals surface area contributed by atoms with Crippen LogP contribution in [0, 0.1) is 13.8 Å². The van der Waals surface area contributed by atoms with Gasteiger partial charge in [0.1, 0.15) is 5.75 Å². The SMILES string of the molecule is Cc1ccc(C(=O)CCN)c(OC(C)C)c1C. The summed E-state index contributed by atoms with van der Waals surface area (Å²) in [6, 6.07) is 3.78. The maximum Gasteiger partial charge on any atom is 0.167 e. The summed E-state index contributed by atoms with van der Waals surface area (Å²) in [5.74, 6) is 0.754. The van der Waals surface area contributed by atoms with Gasteiger partial charge in [-0.15, -0.1) is 0 Å². The van der Waals surface area contributed by atoms with E-state index in [9.17, 15) is 4.79 Å². The van der Waals surface area contributed by atoms with Crippen LogP contribution in [0.15, 0.2) is 12.1 Å². The van der Waals surface area contributed by atoms with E-state index in [4.69, 9.17) is 10.5 Å². The summed E-state index contributed by atoms with van der Waals surface area (Å²) in [4.78, 5) is 12.0. The summed E-state index contributed by atoms with van der Waals surface area (Å²) < 4.78 is 5.76. The summed E-state index contributed by atoms with van der Waals surface area (Å²) in [5, 5.41) is 0. The summed E-state index contributed by atoms with van der Waals surface area (Å²) >= 11 is 0. The van der Waals surface area contributed by atoms with Crippen LogP contribution >= 0.6 is 0 Å². The van der Waals surface area contributed by atoms with Crippen molar-refractivity contribution in [1.82, 2.24) is 0 Å². The average Bonchev–Trinajstić information content (AvgIpc) is 2.24. The molecule has 94 valence electrons. The molecule has 3 nitrogen and oxygen atoms in total. The van der Waals surface area contributed by atoms with Crippen LogP contribution in [0.3, 0.4) is 0 Å². The summed E-state index contributed by atoms with van der Waals surface area (Å²) in [7, 11) is 0. The molecule has 0 bridgehead atoms. The van der Waals surface area contributed by atoms with Crippen LogP contribution in [-0.4, -0.2) is 18.4 Å². The molecule has 17 heavy (non-hydrogen) atoms. The van der Waals surface area contributed by atoms with Gasteiger partial charge < -0.3 is 10.5 Å². The van der Waals surface area contributed by atoms with Gasteiger partial charge in [-0.1, -0.05) is 6.07 Å². The maximum atomic E-state index is 12.0. The Bertz CT molecular complexity index is 411. The van der Waals surface area contributed by atoms with Crippen molar-refractivity contribution in [3.8, 4) is 5.75 Å². The topological polar surface area (TPSA) is 52.3 Å². The Kier molecular flexibility index (Phi) is 4.70. The van der Waals surface area contributed by atoms with Gasteiger partial charge >= 0.3 is 0 Å². The van der Waals surface area contributed by atoms with Crippen molar-refractivity contribution in [1.29, 1.82) is 0 Å². The van der Waals surface area contributed by atoms with E-state index < -0.39 is 0 Å². The normalized spacial score (nSPS) is 10.7. The fourth-order valence-corrected chi connectivity index (χ4v) is 1.66. The van der Waals surface area contributed by atoms with Crippen LogP contribution in [0.25, 0.3) is 0 Å². The van der Waals surface area contributed by atoms with Crippen LogP contribution in [-0.2, 0) is 0 Å². The van der Waals surface area contributed by atoms with Gasteiger partial charge in [-0.2, -0.15) is 0 Å². The van der Waals surface area contributed by atoms with Gasteiger partial charge in [-0.25, -0.2) is 0 Å². The molecule has 0 saturated carbocycles. The lowest BCUT2D eigenvalue weighted by atomic mass is 10.00. The van der Waals surface area contributed by atoms with Crippen molar-refractivity contribution >= 4 is 5.78 Å². The summed E-state index contributed by atoms with van der Waals surface area (Å²) in [6.45, 7) is 8.27. The predicted octanol–water partition coefficient (Wildman–Crippen LogP) is 2.62. The molecule has 0 fully saturated rings. The minimum Gasteiger partial charge on any atom is -0.490 e. The fraction of sp³-hybridized carbons (Fsp3) is 0.500. The molecule has 0 amide bonds.